The molecular weight excluding hydrogens is 172 g/mol. The van der Waals surface area contributed by atoms with Gasteiger partial charge in [-0.2, -0.15) is 0 Å². The van der Waals surface area contributed by atoms with Gasteiger partial charge in [0.25, 0.3) is 0 Å². The minimum atomic E-state index is 0.226. The Morgan fingerprint density at radius 2 is 2.00 bits per heavy atom. The van der Waals surface area contributed by atoms with E-state index < -0.39 is 0 Å². The summed E-state index contributed by atoms with van der Waals surface area (Å²) in [7, 11) is 0. The minimum Gasteiger partial charge on any atom is -0.326 e. The SMILES string of the molecule is CC(C)(C)C(N)CNCCCC1CC1. The van der Waals surface area contributed by atoms with Crippen LogP contribution in [0, 0.1) is 11.3 Å². The maximum Gasteiger partial charge on any atom is 0.0214 e. The van der Waals surface area contributed by atoms with E-state index in [2.05, 4.69) is 26.1 Å². The largest absolute Gasteiger partial charge is 0.326 e. The monoisotopic (exact) mass is 198 g/mol. The van der Waals surface area contributed by atoms with Crippen molar-refractivity contribution in [3.63, 3.8) is 0 Å². The van der Waals surface area contributed by atoms with E-state index in [0.717, 1.165) is 19.0 Å². The van der Waals surface area contributed by atoms with Gasteiger partial charge in [-0.05, 0) is 30.7 Å². The molecule has 0 radical (unpaired) electrons. The van der Waals surface area contributed by atoms with Crippen molar-refractivity contribution in [1.29, 1.82) is 0 Å². The summed E-state index contributed by atoms with van der Waals surface area (Å²) in [6.07, 6.45) is 5.68. The first-order valence-corrected chi connectivity index (χ1v) is 5.96. The van der Waals surface area contributed by atoms with Crippen molar-refractivity contribution in [3.05, 3.63) is 0 Å². The van der Waals surface area contributed by atoms with Crippen LogP contribution < -0.4 is 11.1 Å². The third-order valence-corrected chi connectivity index (χ3v) is 3.14. The molecule has 1 rings (SSSR count). The van der Waals surface area contributed by atoms with E-state index in [9.17, 15) is 0 Å². The van der Waals surface area contributed by atoms with Gasteiger partial charge in [0.1, 0.15) is 0 Å². The minimum absolute atomic E-state index is 0.226. The zero-order valence-electron chi connectivity index (χ0n) is 9.97. The average Bonchev–Trinajstić information content (AvgIpc) is 2.85. The van der Waals surface area contributed by atoms with Crippen LogP contribution in [-0.4, -0.2) is 19.1 Å². The lowest BCUT2D eigenvalue weighted by atomic mass is 9.87. The molecule has 2 heteroatoms. The molecule has 3 N–H and O–H groups in total. The Hall–Kier alpha value is -0.0800. The predicted molar refractivity (Wildman–Crippen MR) is 62.3 cm³/mol. The fourth-order valence-electron chi connectivity index (χ4n) is 1.49. The molecule has 0 spiro atoms. The zero-order valence-corrected chi connectivity index (χ0v) is 9.97. The van der Waals surface area contributed by atoms with Crippen molar-refractivity contribution in [1.82, 2.24) is 5.32 Å². The fraction of sp³-hybridized carbons (Fsp3) is 1.00. The summed E-state index contributed by atoms with van der Waals surface area (Å²) in [4.78, 5) is 0. The number of rotatable bonds is 6. The molecule has 0 aromatic rings. The molecule has 1 saturated carbocycles. The van der Waals surface area contributed by atoms with Crippen molar-refractivity contribution in [2.45, 2.75) is 52.5 Å². The molecule has 1 aliphatic rings. The highest BCUT2D eigenvalue weighted by atomic mass is 14.9. The van der Waals surface area contributed by atoms with Crippen LogP contribution in [0.4, 0.5) is 0 Å². The molecule has 0 heterocycles. The van der Waals surface area contributed by atoms with Crippen molar-refractivity contribution in [2.24, 2.45) is 17.1 Å². The number of nitrogens with two attached hydrogens (primary N) is 1. The van der Waals surface area contributed by atoms with Crippen LogP contribution in [0.5, 0.6) is 0 Å². The average molecular weight is 198 g/mol. The normalized spacial score (nSPS) is 19.7. The molecule has 0 bridgehead atoms. The van der Waals surface area contributed by atoms with Gasteiger partial charge in [0.2, 0.25) is 0 Å². The molecular formula is C12H26N2. The summed E-state index contributed by atoms with van der Waals surface area (Å²) in [5.41, 5.74) is 6.27. The van der Waals surface area contributed by atoms with Crippen molar-refractivity contribution >= 4 is 0 Å². The smallest absolute Gasteiger partial charge is 0.0214 e. The van der Waals surface area contributed by atoms with E-state index in [0.29, 0.717) is 0 Å². The van der Waals surface area contributed by atoms with Crippen molar-refractivity contribution in [2.75, 3.05) is 13.1 Å². The predicted octanol–water partition coefficient (Wildman–Crippen LogP) is 2.14. The van der Waals surface area contributed by atoms with E-state index in [1.807, 2.05) is 0 Å². The molecule has 0 amide bonds. The zero-order chi connectivity index (χ0) is 10.6. The summed E-state index contributed by atoms with van der Waals surface area (Å²) in [5.74, 6) is 1.06. The lowest BCUT2D eigenvalue weighted by molar-refractivity contribution is 0.309. The molecule has 0 aromatic carbocycles. The van der Waals surface area contributed by atoms with Crippen LogP contribution in [0.2, 0.25) is 0 Å². The standard InChI is InChI=1S/C12H26N2/c1-12(2,3)11(13)9-14-8-4-5-10-6-7-10/h10-11,14H,4-9,13H2,1-3H3. The van der Waals surface area contributed by atoms with Gasteiger partial charge in [-0.3, -0.25) is 0 Å². The molecule has 0 aromatic heterocycles. The summed E-state index contributed by atoms with van der Waals surface area (Å²) in [6.45, 7) is 8.69. The number of hydrogen-bond acceptors (Lipinski definition) is 2. The maximum absolute atomic E-state index is 6.04. The van der Waals surface area contributed by atoms with Gasteiger partial charge in [-0.25, -0.2) is 0 Å². The molecule has 1 fully saturated rings. The Labute approximate surface area is 88.6 Å². The molecule has 2 nitrogen and oxygen atoms in total. The van der Waals surface area contributed by atoms with Crippen LogP contribution >= 0.6 is 0 Å². The van der Waals surface area contributed by atoms with Crippen LogP contribution in [-0.2, 0) is 0 Å². The highest BCUT2D eigenvalue weighted by molar-refractivity contribution is 4.79. The Balaban J connectivity index is 1.91. The van der Waals surface area contributed by atoms with Gasteiger partial charge in [-0.1, -0.05) is 33.6 Å². The highest BCUT2D eigenvalue weighted by Gasteiger charge is 2.21. The van der Waals surface area contributed by atoms with Gasteiger partial charge in [0, 0.05) is 12.6 Å². The maximum atomic E-state index is 6.04. The first kappa shape index (κ1) is 12.0. The van der Waals surface area contributed by atoms with Crippen LogP contribution in [0.1, 0.15) is 46.5 Å². The van der Waals surface area contributed by atoms with E-state index >= 15 is 0 Å². The highest BCUT2D eigenvalue weighted by Crippen LogP contribution is 2.33. The Morgan fingerprint density at radius 1 is 1.36 bits per heavy atom. The first-order valence-electron chi connectivity index (χ1n) is 5.96. The summed E-state index contributed by atoms with van der Waals surface area (Å²) < 4.78 is 0. The van der Waals surface area contributed by atoms with Crippen LogP contribution in [0.25, 0.3) is 0 Å². The molecule has 1 atom stereocenters. The van der Waals surface area contributed by atoms with Gasteiger partial charge < -0.3 is 11.1 Å². The molecule has 0 aliphatic heterocycles. The van der Waals surface area contributed by atoms with Crippen molar-refractivity contribution in [3.8, 4) is 0 Å². The second kappa shape index (κ2) is 5.13. The van der Waals surface area contributed by atoms with Crippen LogP contribution in [0.15, 0.2) is 0 Å². The lowest BCUT2D eigenvalue weighted by Gasteiger charge is -2.27. The van der Waals surface area contributed by atoms with E-state index in [4.69, 9.17) is 5.73 Å². The fourth-order valence-corrected chi connectivity index (χ4v) is 1.49. The van der Waals surface area contributed by atoms with Gasteiger partial charge >= 0.3 is 0 Å². The molecule has 84 valence electrons. The molecule has 0 saturated heterocycles. The number of nitrogens with one attached hydrogen (secondary N) is 1. The third-order valence-electron chi connectivity index (χ3n) is 3.14. The second-order valence-electron chi connectivity index (χ2n) is 5.76. The van der Waals surface area contributed by atoms with E-state index in [1.54, 1.807) is 0 Å². The Morgan fingerprint density at radius 3 is 2.50 bits per heavy atom. The second-order valence-corrected chi connectivity index (χ2v) is 5.76. The summed E-state index contributed by atoms with van der Waals surface area (Å²) >= 11 is 0. The van der Waals surface area contributed by atoms with Gasteiger partial charge in [0.05, 0.1) is 0 Å². The quantitative estimate of drug-likeness (QED) is 0.642. The van der Waals surface area contributed by atoms with E-state index in [1.165, 1.54) is 25.7 Å². The van der Waals surface area contributed by atoms with E-state index in [-0.39, 0.29) is 11.5 Å². The summed E-state index contributed by atoms with van der Waals surface area (Å²) in [6, 6.07) is 0.267. The van der Waals surface area contributed by atoms with Gasteiger partial charge in [0.15, 0.2) is 0 Å². The molecule has 1 unspecified atom stereocenters. The van der Waals surface area contributed by atoms with Crippen molar-refractivity contribution < 1.29 is 0 Å². The Kier molecular flexibility index (Phi) is 4.39. The molecule has 14 heavy (non-hydrogen) atoms. The van der Waals surface area contributed by atoms with Gasteiger partial charge in [-0.15, -0.1) is 0 Å². The number of hydrogen-bond donors (Lipinski definition) is 2. The lowest BCUT2D eigenvalue weighted by Crippen LogP contribution is -2.43. The summed E-state index contributed by atoms with van der Waals surface area (Å²) in [5, 5.41) is 3.45. The Bertz CT molecular complexity index is 156. The van der Waals surface area contributed by atoms with Crippen LogP contribution in [0.3, 0.4) is 0 Å². The molecule has 1 aliphatic carbocycles. The topological polar surface area (TPSA) is 38.0 Å². The first-order chi connectivity index (χ1) is 6.50. The third kappa shape index (κ3) is 4.97.